The number of piperidine rings is 1. The van der Waals surface area contributed by atoms with E-state index in [1.54, 1.807) is 35.9 Å². The van der Waals surface area contributed by atoms with Crippen LogP contribution in [0.25, 0.3) is 5.69 Å². The molecule has 2 aliphatic rings. The van der Waals surface area contributed by atoms with Crippen LogP contribution in [0.15, 0.2) is 41.3 Å². The number of aromatic nitrogens is 2. The van der Waals surface area contributed by atoms with Crippen LogP contribution < -0.4 is 22.5 Å². The molecule has 1 aromatic carbocycles. The molecule has 12 nitrogen and oxygen atoms in total. The summed E-state index contributed by atoms with van der Waals surface area (Å²) in [6, 6.07) is 8.87. The van der Waals surface area contributed by atoms with E-state index in [0.29, 0.717) is 44.7 Å². The van der Waals surface area contributed by atoms with E-state index in [1.165, 1.54) is 4.57 Å². The van der Waals surface area contributed by atoms with Gasteiger partial charge in [-0.3, -0.25) is 19.6 Å². The summed E-state index contributed by atoms with van der Waals surface area (Å²) >= 11 is 0. The van der Waals surface area contributed by atoms with Gasteiger partial charge in [-0.25, -0.2) is 9.59 Å². The lowest BCUT2D eigenvalue weighted by Gasteiger charge is -2.37. The maximum absolute atomic E-state index is 12.7. The predicted molar refractivity (Wildman–Crippen MR) is 151 cm³/mol. The number of rotatable bonds is 6. The van der Waals surface area contributed by atoms with Crippen LogP contribution in [0, 0.1) is 0 Å². The maximum atomic E-state index is 12.7. The van der Waals surface area contributed by atoms with Gasteiger partial charge in [-0.15, -0.1) is 12.4 Å². The third kappa shape index (κ3) is 7.55. The Labute approximate surface area is 234 Å². The van der Waals surface area contributed by atoms with Gasteiger partial charge in [0.2, 0.25) is 5.91 Å². The van der Waals surface area contributed by atoms with Gasteiger partial charge in [0, 0.05) is 58.6 Å². The minimum atomic E-state index is -0.954. The van der Waals surface area contributed by atoms with Crippen LogP contribution in [0.4, 0.5) is 10.6 Å². The van der Waals surface area contributed by atoms with Crippen molar-refractivity contribution < 1.29 is 14.7 Å². The van der Waals surface area contributed by atoms with Gasteiger partial charge in [-0.05, 0) is 50.5 Å². The van der Waals surface area contributed by atoms with Crippen molar-refractivity contribution in [1.29, 1.82) is 0 Å². The smallest absolute Gasteiger partial charge is 0.354 e. The number of anilines is 1. The minimum Gasteiger partial charge on any atom is -0.388 e. The third-order valence-corrected chi connectivity index (χ3v) is 7.23. The molecule has 0 saturated carbocycles. The molecule has 13 heteroatoms. The van der Waals surface area contributed by atoms with Crippen molar-refractivity contribution in [2.24, 2.45) is 11.5 Å². The van der Waals surface area contributed by atoms with E-state index in [9.17, 15) is 19.5 Å². The lowest BCUT2D eigenvalue weighted by molar-refractivity contribution is -0.137. The monoisotopic (exact) mass is 562 g/mol. The van der Waals surface area contributed by atoms with Gasteiger partial charge >= 0.3 is 11.7 Å². The fraction of sp³-hybridized carbons (Fsp3) is 0.538. The second kappa shape index (κ2) is 12.4. The first-order valence-electron chi connectivity index (χ1n) is 13.0. The second-order valence-electron chi connectivity index (χ2n) is 10.8. The topological polar surface area (TPSA) is 163 Å². The zero-order chi connectivity index (χ0) is 27.5. The molecule has 0 unspecified atom stereocenters. The number of amides is 3. The average molecular weight is 563 g/mol. The molecular formula is C26H39ClN8O4. The molecule has 0 atom stereocenters. The number of urea groups is 1. The van der Waals surface area contributed by atoms with Crippen molar-refractivity contribution in [3.63, 3.8) is 0 Å². The number of halogens is 1. The van der Waals surface area contributed by atoms with Crippen molar-refractivity contribution in [1.82, 2.24) is 24.3 Å². The van der Waals surface area contributed by atoms with E-state index in [-0.39, 0.29) is 36.7 Å². The molecule has 39 heavy (non-hydrogen) atoms. The molecule has 2 aromatic rings. The molecule has 6 N–H and O–H groups in total. The van der Waals surface area contributed by atoms with Gasteiger partial charge < -0.3 is 26.4 Å². The van der Waals surface area contributed by atoms with Crippen LogP contribution in [0.5, 0.6) is 0 Å². The Hall–Kier alpha value is -3.03. The third-order valence-electron chi connectivity index (χ3n) is 7.23. The molecule has 3 amide bonds. The van der Waals surface area contributed by atoms with E-state index in [1.807, 2.05) is 24.3 Å². The molecule has 0 bridgehead atoms. The number of hydrogen-bond acceptors (Lipinski definition) is 8. The summed E-state index contributed by atoms with van der Waals surface area (Å²) in [6.45, 7) is 7.45. The first-order valence-corrected chi connectivity index (χ1v) is 13.0. The normalized spacial score (nSPS) is 17.9. The Morgan fingerprint density at radius 1 is 1.03 bits per heavy atom. The van der Waals surface area contributed by atoms with Crippen molar-refractivity contribution in [2.45, 2.75) is 44.4 Å². The quantitative estimate of drug-likeness (QED) is 0.392. The summed E-state index contributed by atoms with van der Waals surface area (Å²) in [5.41, 5.74) is 11.1. The summed E-state index contributed by atoms with van der Waals surface area (Å²) < 4.78 is 1.42. The number of likely N-dealkylation sites (tertiary alicyclic amines) is 1. The number of nitrogens with one attached hydrogen (secondary N) is 1. The number of piperazine rings is 1. The number of benzene rings is 1. The van der Waals surface area contributed by atoms with Crippen molar-refractivity contribution in [2.75, 3.05) is 51.1 Å². The summed E-state index contributed by atoms with van der Waals surface area (Å²) in [6.07, 6.45) is 2.90. The minimum absolute atomic E-state index is 0. The van der Waals surface area contributed by atoms with Gasteiger partial charge in [0.05, 0.1) is 16.8 Å². The molecular weight excluding hydrogens is 524 g/mol. The second-order valence-corrected chi connectivity index (χ2v) is 10.8. The SMILES string of the molecule is CC(C)(N)C(=O)N1CCN(C(=O)Nc2ccn(-c3ccc(CN4CCC(O)(CN)CC4)cc3)c(=O)n2)CC1.Cl. The Morgan fingerprint density at radius 3 is 2.15 bits per heavy atom. The first-order chi connectivity index (χ1) is 18.0. The highest BCUT2D eigenvalue weighted by molar-refractivity contribution is 5.89. The summed E-state index contributed by atoms with van der Waals surface area (Å²) in [4.78, 5) is 47.2. The highest BCUT2D eigenvalue weighted by Gasteiger charge is 2.32. The lowest BCUT2D eigenvalue weighted by atomic mass is 9.91. The van der Waals surface area contributed by atoms with Crippen molar-refractivity contribution in [3.8, 4) is 5.69 Å². The van der Waals surface area contributed by atoms with Crippen LogP contribution >= 0.6 is 12.4 Å². The van der Waals surface area contributed by atoms with Gasteiger partial charge in [-0.2, -0.15) is 4.98 Å². The fourth-order valence-electron chi connectivity index (χ4n) is 4.73. The molecule has 3 heterocycles. The Morgan fingerprint density at radius 2 is 1.62 bits per heavy atom. The summed E-state index contributed by atoms with van der Waals surface area (Å²) in [7, 11) is 0. The van der Waals surface area contributed by atoms with Gasteiger partial charge in [0.25, 0.3) is 0 Å². The van der Waals surface area contributed by atoms with E-state index in [2.05, 4.69) is 15.2 Å². The van der Waals surface area contributed by atoms with E-state index in [4.69, 9.17) is 11.5 Å². The lowest BCUT2D eigenvalue weighted by Crippen LogP contribution is -2.58. The zero-order valence-electron chi connectivity index (χ0n) is 22.5. The largest absolute Gasteiger partial charge is 0.388 e. The molecule has 0 radical (unpaired) electrons. The number of carbonyl (C=O) groups excluding carboxylic acids is 2. The highest BCUT2D eigenvalue weighted by atomic mass is 35.5. The van der Waals surface area contributed by atoms with Crippen LogP contribution in [0.3, 0.4) is 0 Å². The standard InChI is InChI=1S/C26H38N8O4.ClH/c1-25(2,28)22(35)32-13-15-33(16-14-32)23(36)29-21-7-10-34(24(37)30-21)20-5-3-19(4-6-20)17-31-11-8-26(38,18-27)9-12-31;/h3-7,10,38H,8-9,11-18,27-28H2,1-2H3,(H,29,30,36,37);1H. The number of nitrogens with zero attached hydrogens (tertiary/aromatic N) is 5. The molecule has 214 valence electrons. The Bertz CT molecular complexity index is 1200. The van der Waals surface area contributed by atoms with Gasteiger partial charge in [0.1, 0.15) is 5.82 Å². The summed E-state index contributed by atoms with van der Waals surface area (Å²) in [5, 5.41) is 13.0. The van der Waals surface area contributed by atoms with Crippen LogP contribution in [0.1, 0.15) is 32.3 Å². The van der Waals surface area contributed by atoms with E-state index >= 15 is 0 Å². The van der Waals surface area contributed by atoms with E-state index < -0.39 is 16.8 Å². The summed E-state index contributed by atoms with van der Waals surface area (Å²) in [5.74, 6) is 0.0135. The highest BCUT2D eigenvalue weighted by Crippen LogP contribution is 2.22. The maximum Gasteiger partial charge on any atom is 0.354 e. The number of hydrogen-bond donors (Lipinski definition) is 4. The fourth-order valence-corrected chi connectivity index (χ4v) is 4.73. The predicted octanol–water partition coefficient (Wildman–Crippen LogP) is 0.353. The molecule has 4 rings (SSSR count). The Kier molecular flexibility index (Phi) is 9.73. The van der Waals surface area contributed by atoms with Gasteiger partial charge in [-0.1, -0.05) is 12.1 Å². The molecule has 0 aliphatic carbocycles. The number of carbonyl (C=O) groups is 2. The first kappa shape index (κ1) is 30.5. The molecule has 2 saturated heterocycles. The molecule has 0 spiro atoms. The average Bonchev–Trinajstić information content (AvgIpc) is 2.90. The number of nitrogens with two attached hydrogens (primary N) is 2. The molecule has 2 fully saturated rings. The molecule has 1 aromatic heterocycles. The van der Waals surface area contributed by atoms with Crippen LogP contribution in [-0.2, 0) is 11.3 Å². The van der Waals surface area contributed by atoms with E-state index in [0.717, 1.165) is 25.2 Å². The van der Waals surface area contributed by atoms with Crippen LogP contribution in [-0.4, -0.2) is 98.2 Å². The van der Waals surface area contributed by atoms with Gasteiger partial charge in [0.15, 0.2) is 0 Å². The van der Waals surface area contributed by atoms with Crippen LogP contribution in [0.2, 0.25) is 0 Å². The zero-order valence-corrected chi connectivity index (χ0v) is 23.3. The van der Waals surface area contributed by atoms with Crippen molar-refractivity contribution in [3.05, 3.63) is 52.6 Å². The molecule has 2 aliphatic heterocycles. The Balaban J connectivity index is 0.00000420. The number of aliphatic hydroxyl groups is 1. The van der Waals surface area contributed by atoms with Crippen molar-refractivity contribution >= 4 is 30.2 Å².